The van der Waals surface area contributed by atoms with Crippen LogP contribution in [-0.2, 0) is 0 Å². The minimum absolute atomic E-state index is 0.229. The molecule has 0 atom stereocenters. The molecule has 1 heterocycles. The Morgan fingerprint density at radius 3 is 2.33 bits per heavy atom. The van der Waals surface area contributed by atoms with Crippen LogP contribution in [0.5, 0.6) is 0 Å². The highest BCUT2D eigenvalue weighted by atomic mass is 32.1. The molecule has 2 N–H and O–H groups in total. The van der Waals surface area contributed by atoms with Gasteiger partial charge in [0.05, 0.1) is 0 Å². The number of halogens is 1. The Balaban J connectivity index is 2.85. The van der Waals surface area contributed by atoms with Crippen molar-refractivity contribution in [2.75, 3.05) is 0 Å². The molecule has 48 valence electrons. The van der Waals surface area contributed by atoms with Gasteiger partial charge in [0.25, 0.3) is 0 Å². The monoisotopic (exact) mass is 146 g/mol. The summed E-state index contributed by atoms with van der Waals surface area (Å²) < 4.78 is 12.3. The van der Waals surface area contributed by atoms with Gasteiger partial charge in [0, 0.05) is 4.78 Å². The lowest BCUT2D eigenvalue weighted by Gasteiger charge is -1.87. The quantitative estimate of drug-likeness (QED) is 0.527. The highest BCUT2D eigenvalue weighted by molar-refractivity contribution is 7.20. The second-order valence-corrected chi connectivity index (χ2v) is 2.58. The van der Waals surface area contributed by atoms with E-state index in [0.29, 0.717) is 0 Å². The van der Waals surface area contributed by atoms with Gasteiger partial charge in [0.15, 0.2) is 5.13 Å². The van der Waals surface area contributed by atoms with E-state index < -0.39 is 12.2 Å². The van der Waals surface area contributed by atoms with Crippen LogP contribution in [0.2, 0.25) is 0 Å². The Kier molecular flexibility index (Phi) is 1.85. The van der Waals surface area contributed by atoms with E-state index in [1.165, 1.54) is 12.1 Å². The Morgan fingerprint density at radius 1 is 1.44 bits per heavy atom. The van der Waals surface area contributed by atoms with Crippen LogP contribution in [-0.4, -0.2) is 17.2 Å². The maximum atomic E-state index is 12.1. The third-order valence-corrected chi connectivity index (χ3v) is 1.76. The van der Waals surface area contributed by atoms with Gasteiger partial charge in [0.1, 0.15) is 0 Å². The van der Waals surface area contributed by atoms with Crippen molar-refractivity contribution in [1.29, 1.82) is 0 Å². The molecule has 0 spiro atoms. The van der Waals surface area contributed by atoms with Crippen molar-refractivity contribution in [3.8, 4) is 0 Å². The van der Waals surface area contributed by atoms with E-state index >= 15 is 0 Å². The lowest BCUT2D eigenvalue weighted by Crippen LogP contribution is -2.26. The first-order valence-corrected chi connectivity index (χ1v) is 3.13. The molecule has 0 amide bonds. The molecule has 1 aromatic rings. The highest BCUT2D eigenvalue weighted by Gasteiger charge is 2.12. The SMILES string of the molecule is OB(O)c1ccc(F)s1. The molecular formula is C4H4BFO2S. The molecule has 9 heavy (non-hydrogen) atoms. The summed E-state index contributed by atoms with van der Waals surface area (Å²) in [6.45, 7) is 0. The summed E-state index contributed by atoms with van der Waals surface area (Å²) in [6.07, 6.45) is 0. The van der Waals surface area contributed by atoms with Crippen LogP contribution in [0, 0.1) is 5.13 Å². The average molecular weight is 146 g/mol. The van der Waals surface area contributed by atoms with E-state index in [0.717, 1.165) is 11.3 Å². The zero-order valence-corrected chi connectivity index (χ0v) is 5.23. The summed E-state index contributed by atoms with van der Waals surface area (Å²) in [7, 11) is -1.54. The Labute approximate surface area is 55.7 Å². The standard InChI is InChI=1S/C4H4BFO2S/c6-4-2-1-3(9-4)5(7)8/h1-2,7-8H. The summed E-state index contributed by atoms with van der Waals surface area (Å²) in [5.41, 5.74) is 0. The maximum absolute atomic E-state index is 12.1. The third kappa shape index (κ3) is 1.51. The van der Waals surface area contributed by atoms with Crippen LogP contribution in [0.25, 0.3) is 0 Å². The molecule has 2 nitrogen and oxygen atoms in total. The van der Waals surface area contributed by atoms with Crippen molar-refractivity contribution in [2.45, 2.75) is 0 Å². The van der Waals surface area contributed by atoms with E-state index in [-0.39, 0.29) is 4.78 Å². The van der Waals surface area contributed by atoms with Gasteiger partial charge in [-0.15, -0.1) is 11.3 Å². The largest absolute Gasteiger partial charge is 0.499 e. The lowest BCUT2D eigenvalue weighted by atomic mass is 9.90. The zero-order valence-electron chi connectivity index (χ0n) is 4.41. The minimum Gasteiger partial charge on any atom is -0.423 e. The molecule has 0 saturated carbocycles. The molecule has 0 aliphatic heterocycles. The van der Waals surface area contributed by atoms with Gasteiger partial charge in [0.2, 0.25) is 0 Å². The Hall–Kier alpha value is -0.385. The average Bonchev–Trinajstić information content (AvgIpc) is 2.14. The van der Waals surface area contributed by atoms with Crippen LogP contribution < -0.4 is 4.78 Å². The Morgan fingerprint density at radius 2 is 2.11 bits per heavy atom. The predicted molar refractivity (Wildman–Crippen MR) is 34.1 cm³/mol. The van der Waals surface area contributed by atoms with Gasteiger partial charge in [-0.2, -0.15) is 4.39 Å². The van der Waals surface area contributed by atoms with Gasteiger partial charge in [-0.25, -0.2) is 0 Å². The maximum Gasteiger partial charge on any atom is 0.499 e. The first-order valence-electron chi connectivity index (χ1n) is 2.31. The van der Waals surface area contributed by atoms with E-state index in [1.54, 1.807) is 0 Å². The number of rotatable bonds is 1. The van der Waals surface area contributed by atoms with Gasteiger partial charge in [-0.1, -0.05) is 0 Å². The molecule has 0 aromatic carbocycles. The molecule has 0 fully saturated rings. The van der Waals surface area contributed by atoms with Crippen LogP contribution >= 0.6 is 11.3 Å². The molecule has 0 aliphatic rings. The zero-order chi connectivity index (χ0) is 6.85. The van der Waals surface area contributed by atoms with Crippen molar-refractivity contribution in [3.05, 3.63) is 17.3 Å². The topological polar surface area (TPSA) is 40.5 Å². The van der Waals surface area contributed by atoms with E-state index in [9.17, 15) is 4.39 Å². The van der Waals surface area contributed by atoms with E-state index in [2.05, 4.69) is 0 Å². The van der Waals surface area contributed by atoms with E-state index in [1.807, 2.05) is 0 Å². The molecule has 0 bridgehead atoms. The molecule has 1 rings (SSSR count). The number of hydrogen-bond donors (Lipinski definition) is 2. The molecule has 0 unspecified atom stereocenters. The molecular weight excluding hydrogens is 142 g/mol. The van der Waals surface area contributed by atoms with Gasteiger partial charge < -0.3 is 10.0 Å². The van der Waals surface area contributed by atoms with Crippen molar-refractivity contribution in [1.82, 2.24) is 0 Å². The second kappa shape index (κ2) is 2.47. The minimum atomic E-state index is -1.54. The van der Waals surface area contributed by atoms with Crippen LogP contribution in [0.3, 0.4) is 0 Å². The Bertz CT molecular complexity index is 200. The van der Waals surface area contributed by atoms with E-state index in [4.69, 9.17) is 10.0 Å². The molecule has 5 heteroatoms. The summed E-state index contributed by atoms with van der Waals surface area (Å²) >= 11 is 0.729. The van der Waals surface area contributed by atoms with Gasteiger partial charge in [-0.3, -0.25) is 0 Å². The van der Waals surface area contributed by atoms with Crippen molar-refractivity contribution >= 4 is 23.2 Å². The van der Waals surface area contributed by atoms with Crippen molar-refractivity contribution < 1.29 is 14.4 Å². The van der Waals surface area contributed by atoms with Crippen LogP contribution in [0.4, 0.5) is 4.39 Å². The van der Waals surface area contributed by atoms with Crippen molar-refractivity contribution in [2.24, 2.45) is 0 Å². The highest BCUT2D eigenvalue weighted by Crippen LogP contribution is 2.02. The molecule has 0 saturated heterocycles. The number of thiophene rings is 1. The van der Waals surface area contributed by atoms with Crippen LogP contribution in [0.1, 0.15) is 0 Å². The summed E-state index contributed by atoms with van der Waals surface area (Å²) in [6, 6.07) is 2.53. The summed E-state index contributed by atoms with van der Waals surface area (Å²) in [5.74, 6) is 0. The predicted octanol–water partition coefficient (Wildman–Crippen LogP) is -0.433. The summed E-state index contributed by atoms with van der Waals surface area (Å²) in [5, 5.41) is 16.5. The fraction of sp³-hybridized carbons (Fsp3) is 0. The lowest BCUT2D eigenvalue weighted by molar-refractivity contribution is 0.427. The first-order chi connectivity index (χ1) is 4.20. The van der Waals surface area contributed by atoms with Gasteiger partial charge in [-0.05, 0) is 12.1 Å². The molecule has 1 aromatic heterocycles. The second-order valence-electron chi connectivity index (χ2n) is 1.52. The fourth-order valence-electron chi connectivity index (χ4n) is 0.467. The normalized spacial score (nSPS) is 9.67. The summed E-state index contributed by atoms with van der Waals surface area (Å²) in [4.78, 5) is 0. The molecule has 0 radical (unpaired) electrons. The molecule has 0 aliphatic carbocycles. The fourth-order valence-corrected chi connectivity index (χ4v) is 1.07. The number of hydrogen-bond acceptors (Lipinski definition) is 3. The third-order valence-electron chi connectivity index (χ3n) is 0.848. The van der Waals surface area contributed by atoms with Gasteiger partial charge >= 0.3 is 7.12 Å². The first kappa shape index (κ1) is 6.73. The van der Waals surface area contributed by atoms with Crippen LogP contribution in [0.15, 0.2) is 12.1 Å². The van der Waals surface area contributed by atoms with Crippen molar-refractivity contribution in [3.63, 3.8) is 0 Å². The smallest absolute Gasteiger partial charge is 0.423 e.